The topological polar surface area (TPSA) is 59.3 Å². The average Bonchev–Trinajstić information content (AvgIpc) is 2.16. The molecule has 0 aliphatic carbocycles. The lowest BCUT2D eigenvalue weighted by molar-refractivity contribution is 0.0989. The van der Waals surface area contributed by atoms with Crippen LogP contribution in [0.15, 0.2) is 18.2 Å². The first-order chi connectivity index (χ1) is 6.19. The van der Waals surface area contributed by atoms with Crippen LogP contribution in [0.3, 0.4) is 0 Å². The van der Waals surface area contributed by atoms with Crippen molar-refractivity contribution < 1.29 is 14.3 Å². The van der Waals surface area contributed by atoms with E-state index in [1.165, 1.54) is 20.3 Å². The quantitative estimate of drug-likeness (QED) is 0.700. The van der Waals surface area contributed by atoms with Crippen molar-refractivity contribution in [1.82, 2.24) is 5.73 Å². The highest BCUT2D eigenvalue weighted by Crippen LogP contribution is 2.23. The predicted molar refractivity (Wildman–Crippen MR) is 47.0 cm³/mol. The summed E-state index contributed by atoms with van der Waals surface area (Å²) in [5.74, 6) is 0.146. The van der Waals surface area contributed by atoms with Crippen molar-refractivity contribution >= 4 is 5.91 Å². The molecule has 0 spiro atoms. The number of amides is 1. The molecular weight excluding hydrogens is 170 g/mol. The number of methoxy groups -OCH3 is 2. The van der Waals surface area contributed by atoms with Crippen LogP contribution < -0.4 is 15.2 Å². The first kappa shape index (κ1) is 9.38. The molecule has 1 radical (unpaired) electrons. The first-order valence-corrected chi connectivity index (χ1v) is 3.67. The summed E-state index contributed by atoms with van der Waals surface area (Å²) >= 11 is 0. The summed E-state index contributed by atoms with van der Waals surface area (Å²) in [7, 11) is 2.95. The lowest BCUT2D eigenvalue weighted by Gasteiger charge is -2.06. The van der Waals surface area contributed by atoms with E-state index in [2.05, 4.69) is 0 Å². The van der Waals surface area contributed by atoms with Crippen LogP contribution in [0.1, 0.15) is 10.4 Å². The normalized spacial score (nSPS) is 9.38. The maximum atomic E-state index is 10.8. The maximum Gasteiger partial charge on any atom is 0.273 e. The van der Waals surface area contributed by atoms with Gasteiger partial charge in [-0.15, -0.1) is 0 Å². The van der Waals surface area contributed by atoms with Gasteiger partial charge in [-0.2, -0.15) is 0 Å². The summed E-state index contributed by atoms with van der Waals surface area (Å²) in [5.41, 5.74) is 7.17. The zero-order valence-corrected chi connectivity index (χ0v) is 7.46. The first-order valence-electron chi connectivity index (χ1n) is 3.67. The number of nitrogens with one attached hydrogen (secondary N) is 1. The van der Waals surface area contributed by atoms with Crippen LogP contribution in [0.2, 0.25) is 0 Å². The Morgan fingerprint density at radius 3 is 2.46 bits per heavy atom. The molecule has 0 aliphatic rings. The van der Waals surface area contributed by atoms with Gasteiger partial charge in [0.15, 0.2) is 0 Å². The molecule has 1 amide bonds. The molecule has 4 heteroatoms. The molecule has 0 aliphatic heterocycles. The second-order valence-electron chi connectivity index (χ2n) is 2.40. The molecule has 0 saturated carbocycles. The van der Waals surface area contributed by atoms with Gasteiger partial charge in [0.05, 0.1) is 19.8 Å². The highest BCUT2D eigenvalue weighted by Gasteiger charge is 2.10. The predicted octanol–water partition coefficient (Wildman–Crippen LogP) is 1.13. The largest absolute Gasteiger partial charge is 0.497 e. The van der Waals surface area contributed by atoms with Crippen molar-refractivity contribution in [2.45, 2.75) is 0 Å². The zero-order valence-electron chi connectivity index (χ0n) is 7.46. The Morgan fingerprint density at radius 1 is 1.31 bits per heavy atom. The van der Waals surface area contributed by atoms with Gasteiger partial charge in [-0.1, -0.05) is 0 Å². The Balaban J connectivity index is 3.18. The van der Waals surface area contributed by atoms with Gasteiger partial charge in [0.2, 0.25) is 0 Å². The molecule has 1 N–H and O–H groups in total. The van der Waals surface area contributed by atoms with E-state index < -0.39 is 5.91 Å². The standard InChI is InChI=1S/C9H10NO3/c1-12-6-3-4-8(13-2)7(5-6)9(10)11/h3-5,10H,1-2H3. The van der Waals surface area contributed by atoms with Gasteiger partial charge in [0.25, 0.3) is 5.91 Å². The number of carbonyl (C=O) groups is 1. The smallest absolute Gasteiger partial charge is 0.273 e. The van der Waals surface area contributed by atoms with E-state index in [1.54, 1.807) is 12.1 Å². The van der Waals surface area contributed by atoms with Crippen LogP contribution in [-0.4, -0.2) is 20.1 Å². The fourth-order valence-electron chi connectivity index (χ4n) is 0.992. The molecular formula is C9H10NO3. The Bertz CT molecular complexity index is 323. The Hall–Kier alpha value is -1.71. The molecule has 13 heavy (non-hydrogen) atoms. The monoisotopic (exact) mass is 180 g/mol. The highest BCUT2D eigenvalue weighted by molar-refractivity contribution is 5.95. The summed E-state index contributed by atoms with van der Waals surface area (Å²) in [5, 5.41) is 0. The molecule has 4 nitrogen and oxygen atoms in total. The van der Waals surface area contributed by atoms with Gasteiger partial charge in [-0.3, -0.25) is 10.5 Å². The van der Waals surface area contributed by atoms with E-state index in [9.17, 15) is 4.79 Å². The summed E-state index contributed by atoms with van der Waals surface area (Å²) in [6.07, 6.45) is 0. The SMILES string of the molecule is COc1ccc(OC)c(C([NH])=O)c1. The number of ether oxygens (including phenoxy) is 2. The molecule has 0 unspecified atom stereocenters. The average molecular weight is 180 g/mol. The second kappa shape index (κ2) is 3.80. The minimum Gasteiger partial charge on any atom is -0.497 e. The zero-order chi connectivity index (χ0) is 9.84. The third-order valence-electron chi connectivity index (χ3n) is 1.65. The molecule has 0 bridgehead atoms. The fraction of sp³-hybridized carbons (Fsp3) is 0.222. The van der Waals surface area contributed by atoms with Crippen molar-refractivity contribution in [3.8, 4) is 11.5 Å². The third kappa shape index (κ3) is 1.90. The fourth-order valence-corrected chi connectivity index (χ4v) is 0.992. The maximum absolute atomic E-state index is 10.8. The van der Waals surface area contributed by atoms with Crippen molar-refractivity contribution in [2.24, 2.45) is 0 Å². The summed E-state index contributed by atoms with van der Waals surface area (Å²) < 4.78 is 9.82. The molecule has 0 fully saturated rings. The van der Waals surface area contributed by atoms with Gasteiger partial charge >= 0.3 is 0 Å². The third-order valence-corrected chi connectivity index (χ3v) is 1.65. The summed E-state index contributed by atoms with van der Waals surface area (Å²) in [6.45, 7) is 0. The van der Waals surface area contributed by atoms with Crippen LogP contribution in [0.4, 0.5) is 0 Å². The Kier molecular flexibility index (Phi) is 2.74. The van der Waals surface area contributed by atoms with Gasteiger partial charge in [0, 0.05) is 0 Å². The van der Waals surface area contributed by atoms with E-state index in [1.807, 2.05) is 0 Å². The van der Waals surface area contributed by atoms with E-state index in [0.29, 0.717) is 11.5 Å². The lowest BCUT2D eigenvalue weighted by Crippen LogP contribution is -2.02. The van der Waals surface area contributed by atoms with E-state index in [4.69, 9.17) is 15.2 Å². The van der Waals surface area contributed by atoms with Gasteiger partial charge in [-0.25, -0.2) is 0 Å². The van der Waals surface area contributed by atoms with Crippen LogP contribution in [0, 0.1) is 0 Å². The molecule has 0 aromatic heterocycles. The van der Waals surface area contributed by atoms with Gasteiger partial charge in [0.1, 0.15) is 11.5 Å². The molecule has 1 aromatic carbocycles. The van der Waals surface area contributed by atoms with Crippen LogP contribution in [0.5, 0.6) is 11.5 Å². The number of carbonyl (C=O) groups excluding carboxylic acids is 1. The molecule has 1 rings (SSSR count). The number of hydrogen-bond donors (Lipinski definition) is 0. The van der Waals surface area contributed by atoms with Crippen LogP contribution in [-0.2, 0) is 0 Å². The van der Waals surface area contributed by atoms with Crippen LogP contribution in [0.25, 0.3) is 0 Å². The number of benzene rings is 1. The van der Waals surface area contributed by atoms with E-state index >= 15 is 0 Å². The lowest BCUT2D eigenvalue weighted by atomic mass is 10.2. The van der Waals surface area contributed by atoms with Crippen molar-refractivity contribution in [3.05, 3.63) is 23.8 Å². The summed E-state index contributed by atoms with van der Waals surface area (Å²) in [4.78, 5) is 10.8. The Morgan fingerprint density at radius 2 is 2.00 bits per heavy atom. The highest BCUT2D eigenvalue weighted by atomic mass is 16.5. The van der Waals surface area contributed by atoms with Gasteiger partial charge in [-0.05, 0) is 18.2 Å². The van der Waals surface area contributed by atoms with E-state index in [-0.39, 0.29) is 5.56 Å². The van der Waals surface area contributed by atoms with Gasteiger partial charge < -0.3 is 9.47 Å². The van der Waals surface area contributed by atoms with Crippen molar-refractivity contribution in [3.63, 3.8) is 0 Å². The minimum absolute atomic E-state index is 0.210. The number of hydrogen-bond acceptors (Lipinski definition) is 3. The summed E-state index contributed by atoms with van der Waals surface area (Å²) in [6, 6.07) is 4.75. The van der Waals surface area contributed by atoms with Crippen LogP contribution >= 0.6 is 0 Å². The molecule has 0 saturated heterocycles. The molecule has 0 atom stereocenters. The van der Waals surface area contributed by atoms with Crippen molar-refractivity contribution in [1.29, 1.82) is 0 Å². The van der Waals surface area contributed by atoms with Crippen molar-refractivity contribution in [2.75, 3.05) is 14.2 Å². The number of rotatable bonds is 3. The second-order valence-corrected chi connectivity index (χ2v) is 2.40. The molecule has 0 heterocycles. The molecule has 1 aromatic rings. The minimum atomic E-state index is -0.782. The molecule has 69 valence electrons. The Labute approximate surface area is 76.3 Å². The van der Waals surface area contributed by atoms with E-state index in [0.717, 1.165) is 0 Å².